The SMILES string of the molecule is Cc1cc(C(N)c2cc(Br)ccc2F)ccn1. The topological polar surface area (TPSA) is 38.9 Å². The molecule has 2 rings (SSSR count). The fraction of sp³-hybridized carbons (Fsp3) is 0.154. The smallest absolute Gasteiger partial charge is 0.128 e. The average molecular weight is 295 g/mol. The quantitative estimate of drug-likeness (QED) is 0.923. The maximum absolute atomic E-state index is 13.7. The molecule has 1 atom stereocenters. The van der Waals surface area contributed by atoms with Crippen LogP contribution in [0.3, 0.4) is 0 Å². The number of nitrogens with two attached hydrogens (primary N) is 1. The summed E-state index contributed by atoms with van der Waals surface area (Å²) in [5.41, 5.74) is 8.27. The van der Waals surface area contributed by atoms with E-state index < -0.39 is 6.04 Å². The maximum Gasteiger partial charge on any atom is 0.128 e. The predicted octanol–water partition coefficient (Wildman–Crippen LogP) is 3.34. The lowest BCUT2D eigenvalue weighted by Gasteiger charge is -2.14. The highest BCUT2D eigenvalue weighted by Gasteiger charge is 2.14. The lowest BCUT2D eigenvalue weighted by Crippen LogP contribution is -2.14. The van der Waals surface area contributed by atoms with E-state index in [-0.39, 0.29) is 5.82 Å². The fourth-order valence-corrected chi connectivity index (χ4v) is 2.07. The van der Waals surface area contributed by atoms with Crippen LogP contribution < -0.4 is 5.73 Å². The van der Waals surface area contributed by atoms with Gasteiger partial charge in [0.15, 0.2) is 0 Å². The van der Waals surface area contributed by atoms with E-state index >= 15 is 0 Å². The van der Waals surface area contributed by atoms with E-state index in [1.54, 1.807) is 24.4 Å². The Labute approximate surface area is 108 Å². The number of benzene rings is 1. The molecule has 0 spiro atoms. The molecule has 0 aliphatic carbocycles. The van der Waals surface area contributed by atoms with E-state index in [1.807, 2.05) is 13.0 Å². The van der Waals surface area contributed by atoms with Gasteiger partial charge in [-0.05, 0) is 42.8 Å². The van der Waals surface area contributed by atoms with Crippen LogP contribution in [0.1, 0.15) is 22.9 Å². The lowest BCUT2D eigenvalue weighted by atomic mass is 9.99. The van der Waals surface area contributed by atoms with E-state index in [0.29, 0.717) is 5.56 Å². The Kier molecular flexibility index (Phi) is 3.54. The first-order valence-electron chi connectivity index (χ1n) is 5.21. The third-order valence-corrected chi connectivity index (χ3v) is 3.07. The molecule has 88 valence electrons. The van der Waals surface area contributed by atoms with Crippen LogP contribution in [-0.4, -0.2) is 4.98 Å². The molecule has 2 aromatic rings. The van der Waals surface area contributed by atoms with Gasteiger partial charge in [0.25, 0.3) is 0 Å². The molecule has 0 radical (unpaired) electrons. The second-order valence-electron chi connectivity index (χ2n) is 3.87. The molecule has 0 saturated heterocycles. The molecular formula is C13H12BrFN2. The number of rotatable bonds is 2. The van der Waals surface area contributed by atoms with Crippen LogP contribution >= 0.6 is 15.9 Å². The second kappa shape index (κ2) is 4.94. The normalized spacial score (nSPS) is 12.5. The second-order valence-corrected chi connectivity index (χ2v) is 4.79. The number of hydrogen-bond donors (Lipinski definition) is 1. The van der Waals surface area contributed by atoms with Crippen molar-refractivity contribution in [3.63, 3.8) is 0 Å². The largest absolute Gasteiger partial charge is 0.320 e. The Hall–Kier alpha value is -1.26. The molecule has 2 N–H and O–H groups in total. The molecule has 1 unspecified atom stereocenters. The fourth-order valence-electron chi connectivity index (χ4n) is 1.69. The van der Waals surface area contributed by atoms with Crippen molar-refractivity contribution in [2.24, 2.45) is 5.73 Å². The van der Waals surface area contributed by atoms with Crippen molar-refractivity contribution in [1.29, 1.82) is 0 Å². The first-order chi connectivity index (χ1) is 8.08. The average Bonchev–Trinajstić information content (AvgIpc) is 2.31. The van der Waals surface area contributed by atoms with Crippen molar-refractivity contribution in [1.82, 2.24) is 4.98 Å². The molecule has 0 aliphatic rings. The van der Waals surface area contributed by atoms with Crippen molar-refractivity contribution >= 4 is 15.9 Å². The number of hydrogen-bond acceptors (Lipinski definition) is 2. The van der Waals surface area contributed by atoms with Crippen molar-refractivity contribution in [3.8, 4) is 0 Å². The van der Waals surface area contributed by atoms with Crippen LogP contribution in [0.25, 0.3) is 0 Å². The highest BCUT2D eigenvalue weighted by Crippen LogP contribution is 2.25. The van der Waals surface area contributed by atoms with E-state index in [2.05, 4.69) is 20.9 Å². The van der Waals surface area contributed by atoms with Gasteiger partial charge in [0.1, 0.15) is 5.82 Å². The summed E-state index contributed by atoms with van der Waals surface area (Å²) in [6.45, 7) is 1.88. The lowest BCUT2D eigenvalue weighted by molar-refractivity contribution is 0.599. The third-order valence-electron chi connectivity index (χ3n) is 2.57. The molecule has 0 aliphatic heterocycles. The summed E-state index contributed by atoms with van der Waals surface area (Å²) in [6.07, 6.45) is 1.68. The summed E-state index contributed by atoms with van der Waals surface area (Å²) >= 11 is 3.32. The first-order valence-corrected chi connectivity index (χ1v) is 6.00. The van der Waals surface area contributed by atoms with Gasteiger partial charge in [0.2, 0.25) is 0 Å². The Morgan fingerprint density at radius 2 is 2.06 bits per heavy atom. The number of pyridine rings is 1. The first kappa shape index (κ1) is 12.2. The molecule has 0 fully saturated rings. The molecule has 2 nitrogen and oxygen atoms in total. The Morgan fingerprint density at radius 3 is 2.76 bits per heavy atom. The van der Waals surface area contributed by atoms with Crippen molar-refractivity contribution in [3.05, 3.63) is 63.6 Å². The summed E-state index contributed by atoms with van der Waals surface area (Å²) in [7, 11) is 0. The molecule has 1 heterocycles. The van der Waals surface area contributed by atoms with E-state index in [4.69, 9.17) is 5.73 Å². The van der Waals surface area contributed by atoms with Crippen LogP contribution in [0.5, 0.6) is 0 Å². The van der Waals surface area contributed by atoms with Gasteiger partial charge in [0, 0.05) is 21.9 Å². The number of nitrogens with zero attached hydrogens (tertiary/aromatic N) is 1. The molecule has 4 heteroatoms. The number of aromatic nitrogens is 1. The van der Waals surface area contributed by atoms with Crippen LogP contribution in [0, 0.1) is 12.7 Å². The summed E-state index contributed by atoms with van der Waals surface area (Å²) in [5.74, 6) is -0.296. The van der Waals surface area contributed by atoms with Gasteiger partial charge >= 0.3 is 0 Å². The molecular weight excluding hydrogens is 283 g/mol. The maximum atomic E-state index is 13.7. The van der Waals surface area contributed by atoms with E-state index in [0.717, 1.165) is 15.7 Å². The van der Waals surface area contributed by atoms with Gasteiger partial charge in [-0.15, -0.1) is 0 Å². The monoisotopic (exact) mass is 294 g/mol. The Morgan fingerprint density at radius 1 is 1.29 bits per heavy atom. The van der Waals surface area contributed by atoms with Crippen molar-refractivity contribution < 1.29 is 4.39 Å². The summed E-state index contributed by atoms with van der Waals surface area (Å²) in [4.78, 5) is 4.10. The predicted molar refractivity (Wildman–Crippen MR) is 69.1 cm³/mol. The van der Waals surface area contributed by atoms with Crippen LogP contribution in [0.4, 0.5) is 4.39 Å². The Bertz CT molecular complexity index is 543. The molecule has 0 saturated carbocycles. The number of aryl methyl sites for hydroxylation is 1. The van der Waals surface area contributed by atoms with Gasteiger partial charge in [-0.2, -0.15) is 0 Å². The minimum atomic E-state index is -0.478. The highest BCUT2D eigenvalue weighted by molar-refractivity contribution is 9.10. The minimum absolute atomic E-state index is 0.296. The Balaban J connectivity index is 2.43. The van der Waals surface area contributed by atoms with Crippen molar-refractivity contribution in [2.45, 2.75) is 13.0 Å². The van der Waals surface area contributed by atoms with E-state index in [9.17, 15) is 4.39 Å². The summed E-state index contributed by atoms with van der Waals surface area (Å²) < 4.78 is 14.5. The molecule has 0 bridgehead atoms. The van der Waals surface area contributed by atoms with Crippen LogP contribution in [-0.2, 0) is 0 Å². The minimum Gasteiger partial charge on any atom is -0.320 e. The van der Waals surface area contributed by atoms with Gasteiger partial charge in [-0.25, -0.2) is 4.39 Å². The molecule has 17 heavy (non-hydrogen) atoms. The third kappa shape index (κ3) is 2.70. The van der Waals surface area contributed by atoms with Crippen molar-refractivity contribution in [2.75, 3.05) is 0 Å². The zero-order valence-corrected chi connectivity index (χ0v) is 10.9. The molecule has 1 aromatic heterocycles. The molecule has 1 aromatic carbocycles. The highest BCUT2D eigenvalue weighted by atomic mass is 79.9. The zero-order chi connectivity index (χ0) is 12.4. The molecule has 0 amide bonds. The van der Waals surface area contributed by atoms with Gasteiger partial charge < -0.3 is 5.73 Å². The van der Waals surface area contributed by atoms with Gasteiger partial charge in [0.05, 0.1) is 6.04 Å². The van der Waals surface area contributed by atoms with Gasteiger partial charge in [-0.3, -0.25) is 4.98 Å². The summed E-state index contributed by atoms with van der Waals surface area (Å²) in [6, 6.07) is 7.96. The van der Waals surface area contributed by atoms with Gasteiger partial charge in [-0.1, -0.05) is 15.9 Å². The summed E-state index contributed by atoms with van der Waals surface area (Å²) in [5, 5.41) is 0. The standard InChI is InChI=1S/C13H12BrFN2/c1-8-6-9(4-5-17-8)13(16)11-7-10(14)2-3-12(11)15/h2-7,13H,16H2,1H3. The number of halogens is 2. The van der Waals surface area contributed by atoms with Crippen LogP contribution in [0.2, 0.25) is 0 Å². The van der Waals surface area contributed by atoms with Crippen LogP contribution in [0.15, 0.2) is 41.0 Å². The van der Waals surface area contributed by atoms with E-state index in [1.165, 1.54) is 6.07 Å². The zero-order valence-electron chi connectivity index (χ0n) is 9.32.